The van der Waals surface area contributed by atoms with Crippen molar-refractivity contribution in [1.29, 1.82) is 0 Å². The molecule has 0 aliphatic heterocycles. The molecule has 0 saturated heterocycles. The molecule has 0 aliphatic carbocycles. The minimum atomic E-state index is -4.66. The topological polar surface area (TPSA) is 37.4 Å². The van der Waals surface area contributed by atoms with Crippen LogP contribution < -0.4 is 4.31 Å². The standard InChI is InChI=1S/C15H13ClF3NO2S/c1-10-4-3-5-12(8-10)20(2)23(21,22)14-9-11(15(17,18)19)6-7-13(14)16/h3-9H,1-2H3. The summed E-state index contributed by atoms with van der Waals surface area (Å²) in [6, 6.07) is 8.82. The van der Waals surface area contributed by atoms with Gasteiger partial charge in [0, 0.05) is 7.05 Å². The lowest BCUT2D eigenvalue weighted by molar-refractivity contribution is -0.137. The van der Waals surface area contributed by atoms with Crippen molar-refractivity contribution in [1.82, 2.24) is 0 Å². The fraction of sp³-hybridized carbons (Fsp3) is 0.200. The predicted molar refractivity (Wildman–Crippen MR) is 83.2 cm³/mol. The molecule has 0 unspecified atom stereocenters. The van der Waals surface area contributed by atoms with Crippen LogP contribution >= 0.6 is 11.6 Å². The summed E-state index contributed by atoms with van der Waals surface area (Å²) in [4.78, 5) is -0.585. The zero-order valence-electron chi connectivity index (χ0n) is 12.2. The van der Waals surface area contributed by atoms with Crippen LogP contribution in [0.15, 0.2) is 47.4 Å². The summed E-state index contributed by atoms with van der Waals surface area (Å²) < 4.78 is 64.6. The van der Waals surface area contributed by atoms with Gasteiger partial charge in [-0.3, -0.25) is 4.31 Å². The molecule has 0 saturated carbocycles. The van der Waals surface area contributed by atoms with Gasteiger partial charge in [-0.15, -0.1) is 0 Å². The van der Waals surface area contributed by atoms with E-state index in [-0.39, 0.29) is 5.02 Å². The average Bonchev–Trinajstić information content (AvgIpc) is 2.45. The molecular weight excluding hydrogens is 351 g/mol. The van der Waals surface area contributed by atoms with Gasteiger partial charge < -0.3 is 0 Å². The Morgan fingerprint density at radius 3 is 2.30 bits per heavy atom. The van der Waals surface area contributed by atoms with Crippen molar-refractivity contribution in [3.63, 3.8) is 0 Å². The smallest absolute Gasteiger partial charge is 0.269 e. The normalized spacial score (nSPS) is 12.3. The molecular formula is C15H13ClF3NO2S. The Morgan fingerprint density at radius 1 is 1.09 bits per heavy atom. The van der Waals surface area contributed by atoms with Gasteiger partial charge in [-0.1, -0.05) is 23.7 Å². The van der Waals surface area contributed by atoms with Crippen molar-refractivity contribution >= 4 is 27.3 Å². The number of halogens is 4. The monoisotopic (exact) mass is 363 g/mol. The van der Waals surface area contributed by atoms with Gasteiger partial charge in [0.1, 0.15) is 4.90 Å². The number of hydrogen-bond donors (Lipinski definition) is 0. The van der Waals surface area contributed by atoms with Gasteiger partial charge in [0.25, 0.3) is 10.0 Å². The van der Waals surface area contributed by atoms with Gasteiger partial charge in [0.05, 0.1) is 16.3 Å². The van der Waals surface area contributed by atoms with Crippen LogP contribution in [0.2, 0.25) is 5.02 Å². The minimum absolute atomic E-state index is 0.266. The number of sulfonamides is 1. The quantitative estimate of drug-likeness (QED) is 0.805. The highest BCUT2D eigenvalue weighted by Crippen LogP contribution is 2.35. The molecule has 0 heterocycles. The number of rotatable bonds is 3. The van der Waals surface area contributed by atoms with Crippen molar-refractivity contribution in [2.45, 2.75) is 18.0 Å². The van der Waals surface area contributed by atoms with Gasteiger partial charge in [0.15, 0.2) is 0 Å². The maximum Gasteiger partial charge on any atom is 0.416 e. The van der Waals surface area contributed by atoms with Crippen molar-refractivity contribution in [3.8, 4) is 0 Å². The Kier molecular flexibility index (Phi) is 4.64. The van der Waals surface area contributed by atoms with Crippen LogP contribution in [0.5, 0.6) is 0 Å². The summed E-state index contributed by atoms with van der Waals surface area (Å²) in [5, 5.41) is -0.266. The molecule has 2 aromatic carbocycles. The Morgan fingerprint density at radius 2 is 1.74 bits per heavy atom. The number of alkyl halides is 3. The van der Waals surface area contributed by atoms with E-state index in [1.165, 1.54) is 7.05 Å². The lowest BCUT2D eigenvalue weighted by Gasteiger charge is -2.21. The number of aryl methyl sites for hydroxylation is 1. The first-order valence-electron chi connectivity index (χ1n) is 6.46. The molecule has 0 aromatic heterocycles. The van der Waals surface area contributed by atoms with Crippen molar-refractivity contribution < 1.29 is 21.6 Å². The molecule has 0 fully saturated rings. The van der Waals surface area contributed by atoms with E-state index < -0.39 is 26.7 Å². The van der Waals surface area contributed by atoms with Crippen LogP contribution in [0, 0.1) is 6.92 Å². The first-order chi connectivity index (χ1) is 10.5. The second kappa shape index (κ2) is 6.05. The highest BCUT2D eigenvalue weighted by Gasteiger charge is 2.33. The highest BCUT2D eigenvalue weighted by atomic mass is 35.5. The molecule has 2 aromatic rings. The number of benzene rings is 2. The van der Waals surface area contributed by atoms with E-state index in [1.54, 1.807) is 31.2 Å². The Hall–Kier alpha value is -1.73. The number of hydrogen-bond acceptors (Lipinski definition) is 2. The molecule has 0 radical (unpaired) electrons. The second-order valence-corrected chi connectivity index (χ2v) is 7.30. The molecule has 0 amide bonds. The van der Waals surface area contributed by atoms with E-state index in [0.29, 0.717) is 11.8 Å². The molecule has 0 aliphatic rings. The van der Waals surface area contributed by atoms with E-state index in [0.717, 1.165) is 22.0 Å². The third kappa shape index (κ3) is 3.61. The summed E-state index contributed by atoms with van der Waals surface area (Å²) in [6.45, 7) is 1.78. The molecule has 3 nitrogen and oxygen atoms in total. The first-order valence-corrected chi connectivity index (χ1v) is 8.27. The highest BCUT2D eigenvalue weighted by molar-refractivity contribution is 7.93. The molecule has 0 spiro atoms. The summed E-state index contributed by atoms with van der Waals surface area (Å²) in [6.07, 6.45) is -4.66. The molecule has 23 heavy (non-hydrogen) atoms. The molecule has 0 atom stereocenters. The minimum Gasteiger partial charge on any atom is -0.269 e. The molecule has 0 N–H and O–H groups in total. The average molecular weight is 364 g/mol. The molecule has 0 bridgehead atoms. The molecule has 2 rings (SSSR count). The number of nitrogens with zero attached hydrogens (tertiary/aromatic N) is 1. The van der Waals surface area contributed by atoms with E-state index in [2.05, 4.69) is 0 Å². The number of anilines is 1. The van der Waals surface area contributed by atoms with Crippen molar-refractivity contribution in [2.24, 2.45) is 0 Å². The Balaban J connectivity index is 2.55. The van der Waals surface area contributed by atoms with Crippen LogP contribution in [0.25, 0.3) is 0 Å². The van der Waals surface area contributed by atoms with Gasteiger partial charge in [-0.25, -0.2) is 8.42 Å². The van der Waals surface area contributed by atoms with Crippen LogP contribution in [0.3, 0.4) is 0 Å². The zero-order chi connectivity index (χ0) is 17.4. The van der Waals surface area contributed by atoms with E-state index in [9.17, 15) is 21.6 Å². The van der Waals surface area contributed by atoms with Crippen LogP contribution in [-0.4, -0.2) is 15.5 Å². The van der Waals surface area contributed by atoms with Crippen molar-refractivity contribution in [3.05, 3.63) is 58.6 Å². The third-order valence-electron chi connectivity index (χ3n) is 3.26. The summed E-state index contributed by atoms with van der Waals surface area (Å²) in [7, 11) is -2.96. The maximum absolute atomic E-state index is 12.8. The SMILES string of the molecule is Cc1cccc(N(C)S(=O)(=O)c2cc(C(F)(F)F)ccc2Cl)c1. The molecule has 124 valence electrons. The summed E-state index contributed by atoms with van der Waals surface area (Å²) >= 11 is 5.82. The fourth-order valence-corrected chi connectivity index (χ4v) is 3.67. The Bertz CT molecular complexity index is 835. The lowest BCUT2D eigenvalue weighted by atomic mass is 10.2. The Labute approximate surface area is 137 Å². The fourth-order valence-electron chi connectivity index (χ4n) is 1.99. The third-order valence-corrected chi connectivity index (χ3v) is 5.53. The second-order valence-electron chi connectivity index (χ2n) is 4.95. The maximum atomic E-state index is 12.8. The van der Waals surface area contributed by atoms with Crippen LogP contribution in [-0.2, 0) is 16.2 Å². The van der Waals surface area contributed by atoms with Gasteiger partial charge in [0.2, 0.25) is 0 Å². The van der Waals surface area contributed by atoms with E-state index in [4.69, 9.17) is 11.6 Å². The zero-order valence-corrected chi connectivity index (χ0v) is 13.8. The lowest BCUT2D eigenvalue weighted by Crippen LogP contribution is -2.27. The predicted octanol–water partition coefficient (Wildman–Crippen LogP) is 4.49. The van der Waals surface area contributed by atoms with E-state index >= 15 is 0 Å². The molecule has 8 heteroatoms. The van der Waals surface area contributed by atoms with Crippen LogP contribution in [0.1, 0.15) is 11.1 Å². The van der Waals surface area contributed by atoms with Crippen LogP contribution in [0.4, 0.5) is 18.9 Å². The van der Waals surface area contributed by atoms with Crippen molar-refractivity contribution in [2.75, 3.05) is 11.4 Å². The largest absolute Gasteiger partial charge is 0.416 e. The summed E-state index contributed by atoms with van der Waals surface area (Å²) in [5.74, 6) is 0. The van der Waals surface area contributed by atoms with Gasteiger partial charge in [-0.05, 0) is 42.8 Å². The van der Waals surface area contributed by atoms with Gasteiger partial charge in [-0.2, -0.15) is 13.2 Å². The van der Waals surface area contributed by atoms with Gasteiger partial charge >= 0.3 is 6.18 Å². The van der Waals surface area contributed by atoms with E-state index in [1.807, 2.05) is 0 Å². The summed E-state index contributed by atoms with van der Waals surface area (Å²) in [5.41, 5.74) is 0.0799. The first kappa shape index (κ1) is 17.6.